The van der Waals surface area contributed by atoms with Crippen molar-refractivity contribution in [3.05, 3.63) is 71.8 Å². The SMILES string of the molecule is O=C(NCCCc1ccccc1)C1CC(=O)N(C2CCN(Cc3ccccc3)CC2)C1. The summed E-state index contributed by atoms with van der Waals surface area (Å²) in [5.74, 6) is -0.0251. The Kier molecular flexibility index (Phi) is 7.36. The maximum Gasteiger partial charge on any atom is 0.225 e. The van der Waals surface area contributed by atoms with Crippen LogP contribution in [0.2, 0.25) is 0 Å². The van der Waals surface area contributed by atoms with Crippen LogP contribution in [0.4, 0.5) is 0 Å². The molecule has 2 aromatic rings. The van der Waals surface area contributed by atoms with Gasteiger partial charge < -0.3 is 10.2 Å². The van der Waals surface area contributed by atoms with Gasteiger partial charge in [-0.1, -0.05) is 60.7 Å². The van der Waals surface area contributed by atoms with Crippen LogP contribution in [0.1, 0.15) is 36.8 Å². The molecule has 164 valence electrons. The van der Waals surface area contributed by atoms with Gasteiger partial charge in [-0.3, -0.25) is 14.5 Å². The van der Waals surface area contributed by atoms with E-state index in [-0.39, 0.29) is 23.8 Å². The molecule has 2 aromatic carbocycles. The summed E-state index contributed by atoms with van der Waals surface area (Å²) in [6.07, 6.45) is 4.21. The van der Waals surface area contributed by atoms with Crippen LogP contribution < -0.4 is 5.32 Å². The second-order valence-electron chi connectivity index (χ2n) is 8.82. The highest BCUT2D eigenvalue weighted by molar-refractivity contribution is 5.89. The molecular formula is C26H33N3O2. The summed E-state index contributed by atoms with van der Waals surface area (Å²) in [6.45, 7) is 4.21. The number of likely N-dealkylation sites (tertiary alicyclic amines) is 2. The molecule has 0 radical (unpaired) electrons. The fraction of sp³-hybridized carbons (Fsp3) is 0.462. The number of carbonyl (C=O) groups excluding carboxylic acids is 2. The van der Waals surface area contributed by atoms with Gasteiger partial charge in [0.1, 0.15) is 0 Å². The van der Waals surface area contributed by atoms with Crippen molar-refractivity contribution >= 4 is 11.8 Å². The summed E-state index contributed by atoms with van der Waals surface area (Å²) in [5.41, 5.74) is 2.62. The van der Waals surface area contributed by atoms with Crippen LogP contribution in [-0.4, -0.2) is 53.8 Å². The number of carbonyl (C=O) groups is 2. The van der Waals surface area contributed by atoms with E-state index < -0.39 is 0 Å². The number of hydrogen-bond donors (Lipinski definition) is 1. The molecule has 2 aliphatic heterocycles. The van der Waals surface area contributed by atoms with Crippen molar-refractivity contribution in [2.75, 3.05) is 26.2 Å². The van der Waals surface area contributed by atoms with Gasteiger partial charge in [0.25, 0.3) is 0 Å². The molecule has 1 atom stereocenters. The van der Waals surface area contributed by atoms with E-state index in [4.69, 9.17) is 0 Å². The third-order valence-electron chi connectivity index (χ3n) is 6.56. The first kappa shape index (κ1) is 21.6. The first-order valence-corrected chi connectivity index (χ1v) is 11.6. The van der Waals surface area contributed by atoms with Crippen molar-refractivity contribution in [1.82, 2.24) is 15.1 Å². The van der Waals surface area contributed by atoms with Crippen LogP contribution in [0, 0.1) is 5.92 Å². The molecule has 0 saturated carbocycles. The smallest absolute Gasteiger partial charge is 0.225 e. The van der Waals surface area contributed by atoms with Crippen molar-refractivity contribution in [3.63, 3.8) is 0 Å². The Morgan fingerprint density at radius 2 is 1.58 bits per heavy atom. The Hall–Kier alpha value is -2.66. The van der Waals surface area contributed by atoms with Crippen molar-refractivity contribution < 1.29 is 9.59 Å². The predicted octanol–water partition coefficient (Wildman–Crippen LogP) is 3.25. The number of nitrogens with one attached hydrogen (secondary N) is 1. The molecule has 0 aromatic heterocycles. The van der Waals surface area contributed by atoms with Crippen molar-refractivity contribution in [2.24, 2.45) is 5.92 Å². The van der Waals surface area contributed by atoms with E-state index in [0.29, 0.717) is 19.5 Å². The van der Waals surface area contributed by atoms with Gasteiger partial charge in [0.15, 0.2) is 0 Å². The first-order valence-electron chi connectivity index (χ1n) is 11.6. The number of nitrogens with zero attached hydrogens (tertiary/aromatic N) is 2. The molecule has 0 aliphatic carbocycles. The Labute approximate surface area is 185 Å². The standard InChI is InChI=1S/C26H33N3O2/c30-25-18-23(26(31)27-15-7-12-21-8-3-1-4-9-21)20-29(25)24-13-16-28(17-14-24)19-22-10-5-2-6-11-22/h1-6,8-11,23-24H,7,12-20H2,(H,27,31). The zero-order chi connectivity index (χ0) is 21.5. The van der Waals surface area contributed by atoms with Crippen molar-refractivity contribution in [1.29, 1.82) is 0 Å². The molecule has 2 fully saturated rings. The second-order valence-corrected chi connectivity index (χ2v) is 8.82. The number of amides is 2. The number of hydrogen-bond acceptors (Lipinski definition) is 3. The van der Waals surface area contributed by atoms with Gasteiger partial charge >= 0.3 is 0 Å². The lowest BCUT2D eigenvalue weighted by atomic mass is 10.0. The minimum absolute atomic E-state index is 0.0328. The summed E-state index contributed by atoms with van der Waals surface area (Å²) in [7, 11) is 0. The lowest BCUT2D eigenvalue weighted by Gasteiger charge is -2.36. The number of aryl methyl sites for hydroxylation is 1. The van der Waals surface area contributed by atoms with Gasteiger partial charge in [-0.25, -0.2) is 0 Å². The highest BCUT2D eigenvalue weighted by Crippen LogP contribution is 2.26. The highest BCUT2D eigenvalue weighted by atomic mass is 16.2. The quantitative estimate of drug-likeness (QED) is 0.669. The summed E-state index contributed by atoms with van der Waals surface area (Å²) >= 11 is 0. The average molecular weight is 420 g/mol. The number of benzene rings is 2. The van der Waals surface area contributed by atoms with Crippen LogP contribution in [0.5, 0.6) is 0 Å². The average Bonchev–Trinajstić information content (AvgIpc) is 3.20. The summed E-state index contributed by atoms with van der Waals surface area (Å²) in [4.78, 5) is 29.6. The topological polar surface area (TPSA) is 52.7 Å². The van der Waals surface area contributed by atoms with E-state index in [1.165, 1.54) is 11.1 Å². The molecule has 2 heterocycles. The summed E-state index contributed by atoms with van der Waals surface area (Å²) < 4.78 is 0. The van der Waals surface area contributed by atoms with E-state index >= 15 is 0 Å². The predicted molar refractivity (Wildman–Crippen MR) is 122 cm³/mol. The van der Waals surface area contributed by atoms with Crippen LogP contribution in [-0.2, 0) is 22.6 Å². The van der Waals surface area contributed by atoms with Gasteiger partial charge in [-0.15, -0.1) is 0 Å². The van der Waals surface area contributed by atoms with Gasteiger partial charge in [0.05, 0.1) is 5.92 Å². The number of rotatable bonds is 8. The molecule has 0 bridgehead atoms. The monoisotopic (exact) mass is 419 g/mol. The molecule has 2 saturated heterocycles. The minimum atomic E-state index is -0.202. The van der Waals surface area contributed by atoms with Crippen LogP contribution in [0.15, 0.2) is 60.7 Å². The molecule has 5 heteroatoms. The van der Waals surface area contributed by atoms with Crippen LogP contribution in [0.3, 0.4) is 0 Å². The second kappa shape index (κ2) is 10.6. The molecule has 1 unspecified atom stereocenters. The molecule has 2 amide bonds. The zero-order valence-corrected chi connectivity index (χ0v) is 18.2. The zero-order valence-electron chi connectivity index (χ0n) is 18.2. The summed E-state index contributed by atoms with van der Waals surface area (Å²) in [6, 6.07) is 21.1. The normalized spacial score (nSPS) is 20.2. The molecule has 31 heavy (non-hydrogen) atoms. The molecule has 4 rings (SSSR count). The van der Waals surface area contributed by atoms with Gasteiger partial charge in [0, 0.05) is 45.2 Å². The van der Waals surface area contributed by atoms with Crippen LogP contribution >= 0.6 is 0 Å². The largest absolute Gasteiger partial charge is 0.356 e. The Balaban J connectivity index is 1.18. The fourth-order valence-electron chi connectivity index (χ4n) is 4.78. The van der Waals surface area contributed by atoms with Gasteiger partial charge in [-0.2, -0.15) is 0 Å². The maximum atomic E-state index is 12.6. The third kappa shape index (κ3) is 5.95. The van der Waals surface area contributed by atoms with E-state index in [9.17, 15) is 9.59 Å². The van der Waals surface area contributed by atoms with Crippen LogP contribution in [0.25, 0.3) is 0 Å². The lowest BCUT2D eigenvalue weighted by Crippen LogP contribution is -2.45. The number of piperidine rings is 1. The van der Waals surface area contributed by atoms with E-state index in [2.05, 4.69) is 46.6 Å². The third-order valence-corrected chi connectivity index (χ3v) is 6.56. The highest BCUT2D eigenvalue weighted by Gasteiger charge is 2.38. The Bertz CT molecular complexity index is 847. The summed E-state index contributed by atoms with van der Waals surface area (Å²) in [5, 5.41) is 3.05. The van der Waals surface area contributed by atoms with Crippen molar-refractivity contribution in [2.45, 2.75) is 44.7 Å². The Morgan fingerprint density at radius 1 is 0.935 bits per heavy atom. The molecule has 5 nitrogen and oxygen atoms in total. The molecule has 0 spiro atoms. The van der Waals surface area contributed by atoms with Gasteiger partial charge in [-0.05, 0) is 36.8 Å². The lowest BCUT2D eigenvalue weighted by molar-refractivity contribution is -0.131. The van der Waals surface area contributed by atoms with Crippen molar-refractivity contribution in [3.8, 4) is 0 Å². The van der Waals surface area contributed by atoms with Gasteiger partial charge in [0.2, 0.25) is 11.8 Å². The molecular weight excluding hydrogens is 386 g/mol. The fourth-order valence-corrected chi connectivity index (χ4v) is 4.78. The van der Waals surface area contributed by atoms with E-state index in [0.717, 1.165) is 45.3 Å². The van der Waals surface area contributed by atoms with E-state index in [1.54, 1.807) is 0 Å². The molecule has 2 aliphatic rings. The molecule has 1 N–H and O–H groups in total. The van der Waals surface area contributed by atoms with E-state index in [1.807, 2.05) is 29.2 Å². The first-order chi connectivity index (χ1) is 15.2. The Morgan fingerprint density at radius 3 is 2.26 bits per heavy atom. The maximum absolute atomic E-state index is 12.6. The minimum Gasteiger partial charge on any atom is -0.356 e.